The fourth-order valence-electron chi connectivity index (χ4n) is 2.79. The molecular formula is C15H20O. The Labute approximate surface area is 97.8 Å². The Morgan fingerprint density at radius 3 is 2.50 bits per heavy atom. The highest BCUT2D eigenvalue weighted by Gasteiger charge is 2.29. The Bertz CT molecular complexity index is 331. The molecule has 0 spiro atoms. The van der Waals surface area contributed by atoms with E-state index in [4.69, 9.17) is 0 Å². The molecule has 0 unspecified atom stereocenters. The molecule has 1 N–H and O–H groups in total. The van der Waals surface area contributed by atoms with Crippen LogP contribution in [0.3, 0.4) is 0 Å². The largest absolute Gasteiger partial charge is 0.393 e. The molecular weight excluding hydrogens is 196 g/mol. The van der Waals surface area contributed by atoms with Crippen LogP contribution in [0.5, 0.6) is 0 Å². The van der Waals surface area contributed by atoms with Crippen molar-refractivity contribution in [2.24, 2.45) is 5.92 Å². The molecule has 0 radical (unpaired) electrons. The van der Waals surface area contributed by atoms with Crippen LogP contribution < -0.4 is 0 Å². The fourth-order valence-corrected chi connectivity index (χ4v) is 2.79. The van der Waals surface area contributed by atoms with Crippen LogP contribution in [0.15, 0.2) is 43.0 Å². The van der Waals surface area contributed by atoms with E-state index in [1.807, 2.05) is 12.1 Å². The van der Waals surface area contributed by atoms with Crippen LogP contribution in [0.25, 0.3) is 0 Å². The van der Waals surface area contributed by atoms with Crippen molar-refractivity contribution < 1.29 is 5.11 Å². The van der Waals surface area contributed by atoms with Gasteiger partial charge in [-0.25, -0.2) is 0 Å². The van der Waals surface area contributed by atoms with Gasteiger partial charge in [0.15, 0.2) is 0 Å². The molecule has 1 aromatic rings. The van der Waals surface area contributed by atoms with E-state index in [0.29, 0.717) is 11.8 Å². The first-order chi connectivity index (χ1) is 7.83. The number of aliphatic hydroxyl groups excluding tert-OH is 1. The van der Waals surface area contributed by atoms with E-state index in [1.165, 1.54) is 12.0 Å². The highest BCUT2D eigenvalue weighted by atomic mass is 16.3. The molecule has 1 fully saturated rings. The van der Waals surface area contributed by atoms with Crippen LogP contribution >= 0.6 is 0 Å². The maximum absolute atomic E-state index is 10.1. The van der Waals surface area contributed by atoms with Crippen molar-refractivity contribution >= 4 is 0 Å². The van der Waals surface area contributed by atoms with Gasteiger partial charge >= 0.3 is 0 Å². The molecule has 1 aliphatic carbocycles. The summed E-state index contributed by atoms with van der Waals surface area (Å²) in [6, 6.07) is 10.4. The number of aliphatic hydroxyl groups is 1. The van der Waals surface area contributed by atoms with E-state index < -0.39 is 0 Å². The van der Waals surface area contributed by atoms with Crippen molar-refractivity contribution in [2.75, 3.05) is 0 Å². The van der Waals surface area contributed by atoms with E-state index in [2.05, 4.69) is 30.8 Å². The van der Waals surface area contributed by atoms with Gasteiger partial charge in [0.05, 0.1) is 6.10 Å². The van der Waals surface area contributed by atoms with Crippen LogP contribution in [-0.2, 0) is 0 Å². The summed E-state index contributed by atoms with van der Waals surface area (Å²) in [6.07, 6.45) is 6.30. The molecule has 1 aliphatic rings. The minimum absolute atomic E-state index is 0.156. The second kappa shape index (κ2) is 5.31. The molecule has 0 aliphatic heterocycles. The second-order valence-corrected chi connectivity index (χ2v) is 4.69. The average Bonchev–Trinajstić information content (AvgIpc) is 2.34. The zero-order valence-corrected chi connectivity index (χ0v) is 9.68. The quantitative estimate of drug-likeness (QED) is 0.767. The van der Waals surface area contributed by atoms with Gasteiger partial charge in [-0.15, -0.1) is 6.58 Å². The molecule has 3 atom stereocenters. The predicted octanol–water partition coefficient (Wildman–Crippen LogP) is 3.51. The summed E-state index contributed by atoms with van der Waals surface area (Å²) in [7, 11) is 0. The molecule has 1 nitrogen and oxygen atoms in total. The maximum atomic E-state index is 10.1. The fraction of sp³-hybridized carbons (Fsp3) is 0.467. The third kappa shape index (κ3) is 2.35. The molecule has 0 saturated heterocycles. The van der Waals surface area contributed by atoms with Gasteiger partial charge in [0.25, 0.3) is 0 Å². The van der Waals surface area contributed by atoms with E-state index in [1.54, 1.807) is 0 Å². The molecule has 0 bridgehead atoms. The van der Waals surface area contributed by atoms with Crippen LogP contribution in [0.4, 0.5) is 0 Å². The average molecular weight is 216 g/mol. The summed E-state index contributed by atoms with van der Waals surface area (Å²) in [6.45, 7) is 3.94. The number of rotatable bonds is 3. The Kier molecular flexibility index (Phi) is 3.79. The van der Waals surface area contributed by atoms with Gasteiger partial charge in [-0.1, -0.05) is 49.2 Å². The second-order valence-electron chi connectivity index (χ2n) is 4.69. The molecule has 0 aromatic heterocycles. The molecule has 86 valence electrons. The molecule has 0 amide bonds. The Morgan fingerprint density at radius 2 is 1.88 bits per heavy atom. The summed E-state index contributed by atoms with van der Waals surface area (Å²) >= 11 is 0. The van der Waals surface area contributed by atoms with Crippen molar-refractivity contribution in [3.05, 3.63) is 48.6 Å². The Hall–Kier alpha value is -1.08. The summed E-state index contributed by atoms with van der Waals surface area (Å²) < 4.78 is 0. The normalized spacial score (nSPS) is 27.3. The van der Waals surface area contributed by atoms with Gasteiger partial charge in [0, 0.05) is 5.92 Å². The highest BCUT2D eigenvalue weighted by Crippen LogP contribution is 2.36. The van der Waals surface area contributed by atoms with Crippen LogP contribution in [0.1, 0.15) is 37.2 Å². The number of hydrogen-bond acceptors (Lipinski definition) is 1. The zero-order valence-electron chi connectivity index (χ0n) is 9.68. The van der Waals surface area contributed by atoms with Crippen LogP contribution in [0, 0.1) is 5.92 Å². The van der Waals surface area contributed by atoms with Gasteiger partial charge in [0.2, 0.25) is 0 Å². The van der Waals surface area contributed by atoms with Crippen LogP contribution in [-0.4, -0.2) is 11.2 Å². The summed E-state index contributed by atoms with van der Waals surface area (Å²) in [5, 5.41) is 10.1. The van der Waals surface area contributed by atoms with Gasteiger partial charge in [-0.3, -0.25) is 0 Å². The lowest BCUT2D eigenvalue weighted by Gasteiger charge is -2.33. The molecule has 1 heteroatoms. The van der Waals surface area contributed by atoms with E-state index in [-0.39, 0.29) is 6.10 Å². The van der Waals surface area contributed by atoms with Crippen LogP contribution in [0.2, 0.25) is 0 Å². The van der Waals surface area contributed by atoms with Gasteiger partial charge in [-0.05, 0) is 24.3 Å². The maximum Gasteiger partial charge on any atom is 0.0577 e. The molecule has 16 heavy (non-hydrogen) atoms. The van der Waals surface area contributed by atoms with E-state index in [9.17, 15) is 5.11 Å². The Morgan fingerprint density at radius 1 is 1.19 bits per heavy atom. The minimum Gasteiger partial charge on any atom is -0.393 e. The van der Waals surface area contributed by atoms with Gasteiger partial charge in [0.1, 0.15) is 0 Å². The molecule has 2 rings (SSSR count). The van der Waals surface area contributed by atoms with Crippen molar-refractivity contribution in [2.45, 2.75) is 37.7 Å². The summed E-state index contributed by atoms with van der Waals surface area (Å²) in [5.74, 6) is 0.658. The first-order valence-electron chi connectivity index (χ1n) is 6.18. The molecule has 1 saturated carbocycles. The number of benzene rings is 1. The van der Waals surface area contributed by atoms with Crippen molar-refractivity contribution in [3.63, 3.8) is 0 Å². The zero-order chi connectivity index (χ0) is 11.4. The minimum atomic E-state index is -0.156. The number of allylic oxidation sites excluding steroid dienone is 1. The van der Waals surface area contributed by atoms with Crippen molar-refractivity contribution in [1.82, 2.24) is 0 Å². The Balaban J connectivity index is 2.18. The predicted molar refractivity (Wildman–Crippen MR) is 67.3 cm³/mol. The first-order valence-corrected chi connectivity index (χ1v) is 6.18. The van der Waals surface area contributed by atoms with Gasteiger partial charge in [-0.2, -0.15) is 0 Å². The van der Waals surface area contributed by atoms with E-state index in [0.717, 1.165) is 19.3 Å². The third-order valence-electron chi connectivity index (χ3n) is 3.68. The highest BCUT2D eigenvalue weighted by molar-refractivity contribution is 5.24. The SMILES string of the molecule is C=C[C@@H](c1ccccc1)[C@@H]1CCCC[C@H]1O. The molecule has 1 aromatic carbocycles. The lowest BCUT2D eigenvalue weighted by Crippen LogP contribution is -2.29. The summed E-state index contributed by atoms with van der Waals surface area (Å²) in [4.78, 5) is 0. The molecule has 0 heterocycles. The first kappa shape index (κ1) is 11.4. The van der Waals surface area contributed by atoms with Gasteiger partial charge < -0.3 is 5.11 Å². The van der Waals surface area contributed by atoms with Crippen molar-refractivity contribution in [1.29, 1.82) is 0 Å². The number of hydrogen-bond donors (Lipinski definition) is 1. The lowest BCUT2D eigenvalue weighted by atomic mass is 9.75. The third-order valence-corrected chi connectivity index (χ3v) is 3.68. The smallest absolute Gasteiger partial charge is 0.0577 e. The monoisotopic (exact) mass is 216 g/mol. The van der Waals surface area contributed by atoms with Crippen molar-refractivity contribution in [3.8, 4) is 0 Å². The standard InChI is InChI=1S/C15H20O/c1-2-13(12-8-4-3-5-9-12)14-10-6-7-11-15(14)16/h2-5,8-9,13-16H,1,6-7,10-11H2/t13-,14-,15+/m0/s1. The topological polar surface area (TPSA) is 20.2 Å². The summed E-state index contributed by atoms with van der Waals surface area (Å²) in [5.41, 5.74) is 1.28. The lowest BCUT2D eigenvalue weighted by molar-refractivity contribution is 0.0625. The van der Waals surface area contributed by atoms with E-state index >= 15 is 0 Å².